The van der Waals surface area contributed by atoms with Crippen molar-refractivity contribution in [2.45, 2.75) is 25.4 Å². The van der Waals surface area contributed by atoms with E-state index >= 15 is 0 Å². The van der Waals surface area contributed by atoms with Gasteiger partial charge in [0.25, 0.3) is 0 Å². The average Bonchev–Trinajstić information content (AvgIpc) is 3.18. The van der Waals surface area contributed by atoms with Gasteiger partial charge in [-0.3, -0.25) is 10.3 Å². The molecule has 1 saturated heterocycles. The third-order valence-corrected chi connectivity index (χ3v) is 4.43. The van der Waals surface area contributed by atoms with Crippen LogP contribution in [0.4, 0.5) is 15.3 Å². The molecule has 1 aliphatic heterocycles. The van der Waals surface area contributed by atoms with Gasteiger partial charge < -0.3 is 15.0 Å². The number of benzene rings is 1. The molecule has 2 heterocycles. The third kappa shape index (κ3) is 4.30. The van der Waals surface area contributed by atoms with Crippen LogP contribution in [0, 0.1) is 0 Å². The molecule has 1 aromatic carbocycles. The summed E-state index contributed by atoms with van der Waals surface area (Å²) in [7, 11) is 1.32. The first-order valence-electron chi connectivity index (χ1n) is 8.55. The smallest absolute Gasteiger partial charge is 0.411 e. The number of carbonyl (C=O) groups excluding carboxylic acids is 2. The number of likely N-dealkylation sites (tertiary alicyclic amines) is 1. The molecular formula is C19H22N4O3. The highest BCUT2D eigenvalue weighted by molar-refractivity contribution is 5.84. The van der Waals surface area contributed by atoms with Crippen LogP contribution < -0.4 is 10.6 Å². The zero-order chi connectivity index (χ0) is 18.4. The van der Waals surface area contributed by atoms with Crippen LogP contribution in [0.1, 0.15) is 30.0 Å². The number of nitrogens with zero attached hydrogens (tertiary/aromatic N) is 2. The third-order valence-electron chi connectivity index (χ3n) is 4.43. The molecule has 3 amide bonds. The van der Waals surface area contributed by atoms with Crippen molar-refractivity contribution in [1.29, 1.82) is 0 Å². The molecule has 0 aliphatic carbocycles. The quantitative estimate of drug-likeness (QED) is 0.882. The second-order valence-electron chi connectivity index (χ2n) is 6.10. The first-order chi connectivity index (χ1) is 12.7. The Morgan fingerprint density at radius 3 is 2.62 bits per heavy atom. The lowest BCUT2D eigenvalue weighted by atomic mass is 10.1. The summed E-state index contributed by atoms with van der Waals surface area (Å²) in [6, 6.07) is 11.2. The minimum absolute atomic E-state index is 0.0684. The maximum absolute atomic E-state index is 12.6. The van der Waals surface area contributed by atoms with Crippen LogP contribution in [0.3, 0.4) is 0 Å². The minimum atomic E-state index is -0.512. The Morgan fingerprint density at radius 1 is 1.19 bits per heavy atom. The average molecular weight is 354 g/mol. The van der Waals surface area contributed by atoms with Crippen LogP contribution >= 0.6 is 0 Å². The summed E-state index contributed by atoms with van der Waals surface area (Å²) < 4.78 is 4.55. The first kappa shape index (κ1) is 17.7. The first-order valence-corrected chi connectivity index (χ1v) is 8.55. The second kappa shape index (κ2) is 8.33. The van der Waals surface area contributed by atoms with Crippen LogP contribution in [0.2, 0.25) is 0 Å². The Kier molecular flexibility index (Phi) is 5.68. The summed E-state index contributed by atoms with van der Waals surface area (Å²) in [4.78, 5) is 29.7. The van der Waals surface area contributed by atoms with E-state index in [1.165, 1.54) is 7.11 Å². The van der Waals surface area contributed by atoms with Gasteiger partial charge in [-0.25, -0.2) is 9.59 Å². The van der Waals surface area contributed by atoms with E-state index in [4.69, 9.17) is 0 Å². The van der Waals surface area contributed by atoms with Crippen LogP contribution in [0.15, 0.2) is 48.8 Å². The summed E-state index contributed by atoms with van der Waals surface area (Å²) in [5, 5.41) is 5.56. The van der Waals surface area contributed by atoms with E-state index in [-0.39, 0.29) is 12.1 Å². The lowest BCUT2D eigenvalue weighted by Crippen LogP contribution is -2.39. The van der Waals surface area contributed by atoms with E-state index in [0.29, 0.717) is 12.2 Å². The Hall–Kier alpha value is -3.09. The maximum atomic E-state index is 12.6. The highest BCUT2D eigenvalue weighted by Crippen LogP contribution is 2.31. The van der Waals surface area contributed by atoms with Gasteiger partial charge in [0, 0.05) is 31.2 Å². The molecule has 1 aliphatic rings. The molecule has 1 unspecified atom stereocenters. The Balaban J connectivity index is 1.56. The van der Waals surface area contributed by atoms with Gasteiger partial charge >= 0.3 is 12.1 Å². The lowest BCUT2D eigenvalue weighted by Gasteiger charge is -2.25. The zero-order valence-electron chi connectivity index (χ0n) is 14.6. The van der Waals surface area contributed by atoms with Crippen molar-refractivity contribution in [2.75, 3.05) is 19.0 Å². The number of amides is 3. The lowest BCUT2D eigenvalue weighted by molar-refractivity contribution is 0.187. The Bertz CT molecular complexity index is 749. The summed E-state index contributed by atoms with van der Waals surface area (Å²) >= 11 is 0. The van der Waals surface area contributed by atoms with Gasteiger partial charge in [-0.2, -0.15) is 0 Å². The Morgan fingerprint density at radius 2 is 1.92 bits per heavy atom. The SMILES string of the molecule is COC(=O)Nc1ccc(CNC(=O)N2CCCC2c2ccncc2)cc1. The van der Waals surface area contributed by atoms with Crippen molar-refractivity contribution in [3.8, 4) is 0 Å². The van der Waals surface area contributed by atoms with Gasteiger partial charge in [0.05, 0.1) is 13.2 Å². The van der Waals surface area contributed by atoms with Crippen LogP contribution in [-0.2, 0) is 11.3 Å². The van der Waals surface area contributed by atoms with Gasteiger partial charge in [0.15, 0.2) is 0 Å². The van der Waals surface area contributed by atoms with Crippen molar-refractivity contribution in [3.63, 3.8) is 0 Å². The van der Waals surface area contributed by atoms with E-state index in [1.54, 1.807) is 24.5 Å². The molecular weight excluding hydrogens is 332 g/mol. The number of rotatable bonds is 4. The molecule has 0 saturated carbocycles. The van der Waals surface area contributed by atoms with Gasteiger partial charge in [-0.1, -0.05) is 12.1 Å². The van der Waals surface area contributed by atoms with Crippen molar-refractivity contribution in [1.82, 2.24) is 15.2 Å². The number of anilines is 1. The maximum Gasteiger partial charge on any atom is 0.411 e. The van der Waals surface area contributed by atoms with Gasteiger partial charge in [0.1, 0.15) is 0 Å². The van der Waals surface area contributed by atoms with E-state index in [1.807, 2.05) is 29.2 Å². The van der Waals surface area contributed by atoms with Crippen molar-refractivity contribution < 1.29 is 14.3 Å². The summed E-state index contributed by atoms with van der Waals surface area (Å²) in [6.45, 7) is 1.18. The van der Waals surface area contributed by atoms with Crippen molar-refractivity contribution in [3.05, 3.63) is 59.9 Å². The minimum Gasteiger partial charge on any atom is -0.453 e. The normalized spacial score (nSPS) is 16.2. The fourth-order valence-corrected chi connectivity index (χ4v) is 3.10. The van der Waals surface area contributed by atoms with E-state index in [2.05, 4.69) is 20.4 Å². The number of aromatic nitrogens is 1. The summed E-state index contributed by atoms with van der Waals surface area (Å²) in [5.41, 5.74) is 2.71. The number of hydrogen-bond acceptors (Lipinski definition) is 4. The number of ether oxygens (including phenoxy) is 1. The number of carbonyl (C=O) groups is 2. The highest BCUT2D eigenvalue weighted by Gasteiger charge is 2.29. The van der Waals surface area contributed by atoms with Crippen LogP contribution in [0.25, 0.3) is 0 Å². The number of methoxy groups -OCH3 is 1. The topological polar surface area (TPSA) is 83.6 Å². The molecule has 1 fully saturated rings. The fourth-order valence-electron chi connectivity index (χ4n) is 3.10. The number of hydrogen-bond donors (Lipinski definition) is 2. The van der Waals surface area contributed by atoms with Crippen molar-refractivity contribution in [2.24, 2.45) is 0 Å². The molecule has 0 spiro atoms. The Labute approximate surface area is 152 Å². The molecule has 1 aromatic heterocycles. The summed E-state index contributed by atoms with van der Waals surface area (Å²) in [6.07, 6.45) is 4.96. The fraction of sp³-hybridized carbons (Fsp3) is 0.316. The highest BCUT2D eigenvalue weighted by atomic mass is 16.5. The molecule has 136 valence electrons. The van der Waals surface area contributed by atoms with Gasteiger partial charge in [-0.05, 0) is 48.2 Å². The second-order valence-corrected chi connectivity index (χ2v) is 6.10. The molecule has 0 radical (unpaired) electrons. The number of urea groups is 1. The summed E-state index contributed by atoms with van der Waals surface area (Å²) in [5.74, 6) is 0. The predicted molar refractivity (Wildman–Crippen MR) is 97.6 cm³/mol. The standard InChI is InChI=1S/C19H22N4O3/c1-26-19(25)22-16-6-4-14(5-7-16)13-21-18(24)23-12-2-3-17(23)15-8-10-20-11-9-15/h4-11,17H,2-3,12-13H2,1H3,(H,21,24)(H,22,25). The predicted octanol–water partition coefficient (Wildman–Crippen LogP) is 3.31. The monoisotopic (exact) mass is 354 g/mol. The van der Waals surface area contributed by atoms with E-state index in [9.17, 15) is 9.59 Å². The molecule has 3 rings (SSSR count). The molecule has 1 atom stereocenters. The molecule has 7 heteroatoms. The van der Waals surface area contributed by atoms with Gasteiger partial charge in [-0.15, -0.1) is 0 Å². The largest absolute Gasteiger partial charge is 0.453 e. The molecule has 26 heavy (non-hydrogen) atoms. The molecule has 2 N–H and O–H groups in total. The van der Waals surface area contributed by atoms with Gasteiger partial charge in [0.2, 0.25) is 0 Å². The van der Waals surface area contributed by atoms with E-state index in [0.717, 1.165) is 30.5 Å². The number of pyridine rings is 1. The molecule has 0 bridgehead atoms. The van der Waals surface area contributed by atoms with Crippen molar-refractivity contribution >= 4 is 17.8 Å². The van der Waals surface area contributed by atoms with E-state index < -0.39 is 6.09 Å². The molecule has 2 aromatic rings. The molecule has 7 nitrogen and oxygen atoms in total. The van der Waals surface area contributed by atoms with Crippen LogP contribution in [0.5, 0.6) is 0 Å². The van der Waals surface area contributed by atoms with Crippen LogP contribution in [-0.4, -0.2) is 35.7 Å². The zero-order valence-corrected chi connectivity index (χ0v) is 14.6. The number of nitrogens with one attached hydrogen (secondary N) is 2.